The second-order valence-corrected chi connectivity index (χ2v) is 6.68. The summed E-state index contributed by atoms with van der Waals surface area (Å²) in [7, 11) is 0. The lowest BCUT2D eigenvalue weighted by Gasteiger charge is -2.15. The number of hydrogen-bond acceptors (Lipinski definition) is 4. The molecule has 0 bridgehead atoms. The molecule has 1 aromatic rings. The number of rotatable bonds is 8. The third kappa shape index (κ3) is 4.38. The number of hydrogen-bond donors (Lipinski definition) is 1. The fourth-order valence-electron chi connectivity index (χ4n) is 3.30. The minimum Gasteiger partial charge on any atom is -0.352 e. The summed E-state index contributed by atoms with van der Waals surface area (Å²) in [5, 5.41) is 12.1. The quantitative estimate of drug-likeness (QED) is 0.718. The van der Waals surface area contributed by atoms with Crippen molar-refractivity contribution in [3.05, 3.63) is 32.1 Å². The molecule has 0 radical (unpaired) electrons. The monoisotopic (exact) mass is 346 g/mol. The third-order valence-corrected chi connectivity index (χ3v) is 4.64. The minimum atomic E-state index is -0.661. The first-order valence-corrected chi connectivity index (χ1v) is 9.05. The Bertz CT molecular complexity index is 785. The van der Waals surface area contributed by atoms with E-state index in [1.165, 1.54) is 11.0 Å². The number of unbranched alkanes of at least 4 members (excludes halogenated alkanes) is 3. The van der Waals surface area contributed by atoms with Gasteiger partial charge in [-0.2, -0.15) is 5.26 Å². The number of nitrogens with one attached hydrogen (secondary N) is 1. The van der Waals surface area contributed by atoms with Crippen molar-refractivity contribution in [2.45, 2.75) is 77.9 Å². The molecule has 7 heteroatoms. The van der Waals surface area contributed by atoms with E-state index in [2.05, 4.69) is 12.2 Å². The Morgan fingerprint density at radius 3 is 2.76 bits per heavy atom. The summed E-state index contributed by atoms with van der Waals surface area (Å²) < 4.78 is 2.33. The van der Waals surface area contributed by atoms with Gasteiger partial charge >= 0.3 is 5.69 Å². The van der Waals surface area contributed by atoms with Crippen molar-refractivity contribution in [2.24, 2.45) is 0 Å². The summed E-state index contributed by atoms with van der Waals surface area (Å²) in [5.74, 6) is -0.371. The van der Waals surface area contributed by atoms with Crippen LogP contribution >= 0.6 is 0 Å². The first kappa shape index (κ1) is 19.0. The topological polar surface area (TPSA) is 96.9 Å². The number of nitrogens with zero attached hydrogens (tertiary/aromatic N) is 3. The lowest BCUT2D eigenvalue weighted by molar-refractivity contribution is -0.122. The number of carbonyl (C=O) groups excluding carboxylic acids is 1. The molecule has 1 aromatic heterocycles. The zero-order chi connectivity index (χ0) is 18.4. The number of nitriles is 1. The first-order chi connectivity index (χ1) is 12.0. The van der Waals surface area contributed by atoms with Crippen LogP contribution < -0.4 is 16.6 Å². The van der Waals surface area contributed by atoms with E-state index in [-0.39, 0.29) is 24.1 Å². The molecule has 0 fully saturated rings. The van der Waals surface area contributed by atoms with E-state index in [0.717, 1.165) is 36.7 Å². The van der Waals surface area contributed by atoms with E-state index in [1.807, 2.05) is 13.0 Å². The van der Waals surface area contributed by atoms with Crippen LogP contribution in [0, 0.1) is 11.3 Å². The molecule has 1 amide bonds. The van der Waals surface area contributed by atoms with Crippen molar-refractivity contribution in [1.82, 2.24) is 14.5 Å². The Labute approximate surface area is 147 Å². The third-order valence-electron chi connectivity index (χ3n) is 4.64. The summed E-state index contributed by atoms with van der Waals surface area (Å²) in [4.78, 5) is 37.1. The fraction of sp³-hybridized carbons (Fsp3) is 0.667. The van der Waals surface area contributed by atoms with E-state index >= 15 is 0 Å². The van der Waals surface area contributed by atoms with Crippen LogP contribution in [-0.2, 0) is 24.3 Å². The summed E-state index contributed by atoms with van der Waals surface area (Å²) >= 11 is 0. The molecule has 2 heterocycles. The Morgan fingerprint density at radius 2 is 2.08 bits per heavy atom. The van der Waals surface area contributed by atoms with Gasteiger partial charge in [0, 0.05) is 18.3 Å². The molecule has 7 nitrogen and oxygen atoms in total. The lowest BCUT2D eigenvalue weighted by atomic mass is 10.1. The fourth-order valence-corrected chi connectivity index (χ4v) is 3.30. The van der Waals surface area contributed by atoms with Crippen LogP contribution in [0.25, 0.3) is 0 Å². The van der Waals surface area contributed by atoms with Gasteiger partial charge in [-0.25, -0.2) is 9.36 Å². The zero-order valence-electron chi connectivity index (χ0n) is 15.0. The second-order valence-electron chi connectivity index (χ2n) is 6.68. The van der Waals surface area contributed by atoms with Crippen LogP contribution in [0.2, 0.25) is 0 Å². The normalized spacial score (nSPS) is 14.0. The van der Waals surface area contributed by atoms with Gasteiger partial charge in [0.05, 0.1) is 0 Å². The van der Waals surface area contributed by atoms with Crippen molar-refractivity contribution in [2.75, 3.05) is 0 Å². The van der Waals surface area contributed by atoms with Gasteiger partial charge in [0.25, 0.3) is 5.56 Å². The molecule has 0 aliphatic carbocycles. The van der Waals surface area contributed by atoms with Crippen LogP contribution in [0.5, 0.6) is 0 Å². The average molecular weight is 346 g/mol. The highest BCUT2D eigenvalue weighted by Crippen LogP contribution is 2.13. The first-order valence-electron chi connectivity index (χ1n) is 9.05. The van der Waals surface area contributed by atoms with Crippen molar-refractivity contribution in [1.29, 1.82) is 5.26 Å². The van der Waals surface area contributed by atoms with Gasteiger partial charge < -0.3 is 5.32 Å². The van der Waals surface area contributed by atoms with Gasteiger partial charge in [-0.05, 0) is 26.2 Å². The van der Waals surface area contributed by atoms with Crippen LogP contribution in [0.3, 0.4) is 0 Å². The summed E-state index contributed by atoms with van der Waals surface area (Å²) in [6.45, 7) is 4.21. The maximum Gasteiger partial charge on any atom is 0.331 e. The number of carbonyl (C=O) groups is 1. The summed E-state index contributed by atoms with van der Waals surface area (Å²) in [5.41, 5.74) is -0.676. The average Bonchev–Trinajstić information content (AvgIpc) is 3.05. The Balaban J connectivity index is 2.08. The van der Waals surface area contributed by atoms with Crippen LogP contribution in [-0.4, -0.2) is 21.1 Å². The van der Waals surface area contributed by atoms with Gasteiger partial charge in [0.15, 0.2) is 0 Å². The molecule has 25 heavy (non-hydrogen) atoms. The standard InChI is InChI=1S/C18H26N4O3/c1-3-4-5-6-8-13(2)20-16(23)12-22-17(24)14(11-19)15-9-7-10-21(15)18(22)25/h13H,3-10,12H2,1-2H3,(H,20,23)/t13-/m0/s1. The van der Waals surface area contributed by atoms with Gasteiger partial charge in [0.2, 0.25) is 5.91 Å². The molecule has 0 aromatic carbocycles. The lowest BCUT2D eigenvalue weighted by Crippen LogP contribution is -2.46. The summed E-state index contributed by atoms with van der Waals surface area (Å²) in [6, 6.07) is 1.89. The highest BCUT2D eigenvalue weighted by Gasteiger charge is 2.23. The molecule has 0 saturated heterocycles. The van der Waals surface area contributed by atoms with Crippen LogP contribution in [0.4, 0.5) is 0 Å². The van der Waals surface area contributed by atoms with Crippen molar-refractivity contribution in [3.63, 3.8) is 0 Å². The predicted octanol–water partition coefficient (Wildman–Crippen LogP) is 1.30. The largest absolute Gasteiger partial charge is 0.352 e. The van der Waals surface area contributed by atoms with E-state index in [4.69, 9.17) is 0 Å². The highest BCUT2D eigenvalue weighted by molar-refractivity contribution is 5.76. The predicted molar refractivity (Wildman–Crippen MR) is 94.4 cm³/mol. The van der Waals surface area contributed by atoms with E-state index < -0.39 is 11.2 Å². The molecule has 0 spiro atoms. The maximum atomic E-state index is 12.5. The molecule has 0 saturated carbocycles. The number of aromatic nitrogens is 2. The highest BCUT2D eigenvalue weighted by atomic mass is 16.2. The van der Waals surface area contributed by atoms with E-state index in [0.29, 0.717) is 18.7 Å². The molecule has 1 N–H and O–H groups in total. The van der Waals surface area contributed by atoms with Crippen LogP contribution in [0.1, 0.15) is 63.6 Å². The number of fused-ring (bicyclic) bond motifs is 1. The Hall–Kier alpha value is -2.36. The molecule has 1 atom stereocenters. The van der Waals surface area contributed by atoms with Gasteiger partial charge in [-0.15, -0.1) is 0 Å². The molecular weight excluding hydrogens is 320 g/mol. The molecule has 1 aliphatic heterocycles. The molecule has 1 aliphatic rings. The van der Waals surface area contributed by atoms with Gasteiger partial charge in [-0.3, -0.25) is 14.2 Å². The van der Waals surface area contributed by atoms with Crippen molar-refractivity contribution < 1.29 is 4.79 Å². The van der Waals surface area contributed by atoms with Gasteiger partial charge in [-0.1, -0.05) is 32.6 Å². The summed E-state index contributed by atoms with van der Waals surface area (Å²) in [6.07, 6.45) is 6.66. The second kappa shape index (κ2) is 8.65. The van der Waals surface area contributed by atoms with E-state index in [9.17, 15) is 19.6 Å². The molecule has 0 unspecified atom stereocenters. The van der Waals surface area contributed by atoms with Crippen LogP contribution in [0.15, 0.2) is 9.59 Å². The molecule has 136 valence electrons. The smallest absolute Gasteiger partial charge is 0.331 e. The van der Waals surface area contributed by atoms with E-state index in [1.54, 1.807) is 0 Å². The van der Waals surface area contributed by atoms with Crippen molar-refractivity contribution in [3.8, 4) is 6.07 Å². The molecular formula is C18H26N4O3. The van der Waals surface area contributed by atoms with Gasteiger partial charge in [0.1, 0.15) is 18.2 Å². The van der Waals surface area contributed by atoms with Crippen molar-refractivity contribution >= 4 is 5.91 Å². The number of amides is 1. The maximum absolute atomic E-state index is 12.5. The minimum absolute atomic E-state index is 0.00678. The molecule has 2 rings (SSSR count). The zero-order valence-corrected chi connectivity index (χ0v) is 15.0. The SMILES string of the molecule is CCCCCC[C@H](C)NC(=O)Cn1c(=O)c(C#N)c2n(c1=O)CCC2. The Morgan fingerprint density at radius 1 is 1.32 bits per heavy atom. The Kier molecular flexibility index (Phi) is 6.57.